The van der Waals surface area contributed by atoms with Crippen molar-refractivity contribution in [3.8, 4) is 0 Å². The zero-order valence-electron chi connectivity index (χ0n) is 17.6. The Morgan fingerprint density at radius 1 is 0.688 bits per heavy atom. The Balaban J connectivity index is 1.50. The molecule has 0 heterocycles. The van der Waals surface area contributed by atoms with Gasteiger partial charge in [0.1, 0.15) is 0 Å². The Kier molecular flexibility index (Phi) is 6.33. The van der Waals surface area contributed by atoms with Crippen molar-refractivity contribution in [2.45, 2.75) is 4.90 Å². The van der Waals surface area contributed by atoms with Crippen molar-refractivity contribution in [1.82, 2.24) is 0 Å². The highest BCUT2D eigenvalue weighted by atomic mass is 32.2. The molecule has 0 aliphatic rings. The number of hydrogen-bond donors (Lipinski definition) is 1. The van der Waals surface area contributed by atoms with Crippen LogP contribution in [0.15, 0.2) is 119 Å². The smallest absolute Gasteiger partial charge is 0.175 e. The molecule has 4 aromatic carbocycles. The summed E-state index contributed by atoms with van der Waals surface area (Å²) in [5.74, 6) is 0. The van der Waals surface area contributed by atoms with Gasteiger partial charge < -0.3 is 4.90 Å². The van der Waals surface area contributed by atoms with Crippen LogP contribution in [0.2, 0.25) is 0 Å². The molecule has 5 nitrogen and oxygen atoms in total. The summed E-state index contributed by atoms with van der Waals surface area (Å²) in [5.41, 5.74) is 7.79. The van der Waals surface area contributed by atoms with Crippen molar-refractivity contribution in [2.75, 3.05) is 16.6 Å². The molecule has 0 aliphatic carbocycles. The summed E-state index contributed by atoms with van der Waals surface area (Å²) < 4.78 is 23.1. The molecule has 0 aliphatic heterocycles. The molecule has 0 saturated carbocycles. The highest BCUT2D eigenvalue weighted by Crippen LogP contribution is 2.33. The van der Waals surface area contributed by atoms with Gasteiger partial charge in [-0.3, -0.25) is 5.43 Å². The minimum atomic E-state index is -3.20. The highest BCUT2D eigenvalue weighted by Gasteiger charge is 2.11. The first-order valence-electron chi connectivity index (χ1n) is 10.1. The monoisotopic (exact) mass is 441 g/mol. The van der Waals surface area contributed by atoms with Crippen molar-refractivity contribution in [1.29, 1.82) is 0 Å². The summed E-state index contributed by atoms with van der Waals surface area (Å²) in [6.07, 6.45) is 2.91. The van der Waals surface area contributed by atoms with E-state index in [-0.39, 0.29) is 4.90 Å². The molecule has 4 rings (SSSR count). The van der Waals surface area contributed by atoms with E-state index in [0.717, 1.165) is 22.6 Å². The molecule has 0 spiro atoms. The minimum Gasteiger partial charge on any atom is -0.311 e. The molecule has 1 N–H and O–H groups in total. The van der Waals surface area contributed by atoms with E-state index in [1.165, 1.54) is 6.26 Å². The second-order valence-corrected chi connectivity index (χ2v) is 9.28. The maximum Gasteiger partial charge on any atom is 0.175 e. The molecule has 6 heteroatoms. The standard InChI is InChI=1S/C26H23N3O2S/c1-32(30,31)26-18-14-22(15-19-26)28-27-20-21-12-16-25(17-13-21)29(23-8-4-2-5-9-23)24-10-6-3-7-11-24/h2-20,28H,1H3/b27-20-. The van der Waals surface area contributed by atoms with Crippen LogP contribution in [0.25, 0.3) is 0 Å². The van der Waals surface area contributed by atoms with Crippen LogP contribution in [0.3, 0.4) is 0 Å². The van der Waals surface area contributed by atoms with E-state index in [2.05, 4.69) is 51.8 Å². The summed E-state index contributed by atoms with van der Waals surface area (Å²) in [4.78, 5) is 2.48. The van der Waals surface area contributed by atoms with E-state index in [1.54, 1.807) is 30.5 Å². The van der Waals surface area contributed by atoms with Crippen molar-refractivity contribution >= 4 is 38.8 Å². The van der Waals surface area contributed by atoms with Crippen molar-refractivity contribution < 1.29 is 8.42 Å². The molecule has 32 heavy (non-hydrogen) atoms. The van der Waals surface area contributed by atoms with Gasteiger partial charge in [0.25, 0.3) is 0 Å². The lowest BCUT2D eigenvalue weighted by Crippen LogP contribution is -2.09. The fourth-order valence-electron chi connectivity index (χ4n) is 3.27. The Morgan fingerprint density at radius 3 is 1.69 bits per heavy atom. The SMILES string of the molecule is CS(=O)(=O)c1ccc(N/N=C\c2ccc(N(c3ccccc3)c3ccccc3)cc2)cc1. The van der Waals surface area contributed by atoms with E-state index in [4.69, 9.17) is 0 Å². The first-order chi connectivity index (χ1) is 15.5. The summed E-state index contributed by atoms with van der Waals surface area (Å²) >= 11 is 0. The summed E-state index contributed by atoms with van der Waals surface area (Å²) in [6.45, 7) is 0. The Morgan fingerprint density at radius 2 is 1.19 bits per heavy atom. The molecule has 0 aromatic heterocycles. The number of rotatable bonds is 7. The summed E-state index contributed by atoms with van der Waals surface area (Å²) in [5, 5.41) is 4.26. The Labute approximate surface area is 188 Å². The van der Waals surface area contributed by atoms with Crippen molar-refractivity contribution in [2.24, 2.45) is 5.10 Å². The second-order valence-electron chi connectivity index (χ2n) is 7.26. The minimum absolute atomic E-state index is 0.281. The lowest BCUT2D eigenvalue weighted by molar-refractivity contribution is 0.602. The van der Waals surface area contributed by atoms with Gasteiger partial charge in [0.15, 0.2) is 9.84 Å². The fraction of sp³-hybridized carbons (Fsp3) is 0.0385. The predicted octanol–water partition coefficient (Wildman–Crippen LogP) is 6.01. The van der Waals surface area contributed by atoms with Gasteiger partial charge in [-0.15, -0.1) is 0 Å². The number of para-hydroxylation sites is 2. The Bertz CT molecular complexity index is 1250. The molecule has 0 amide bonds. The first-order valence-corrected chi connectivity index (χ1v) is 12.0. The molecule has 0 fully saturated rings. The molecular weight excluding hydrogens is 418 g/mol. The summed E-state index contributed by atoms with van der Waals surface area (Å²) in [7, 11) is -3.20. The number of hydrogen-bond acceptors (Lipinski definition) is 5. The van der Waals surface area contributed by atoms with E-state index in [1.807, 2.05) is 48.5 Å². The molecule has 160 valence electrons. The maximum atomic E-state index is 11.5. The van der Waals surface area contributed by atoms with E-state index in [9.17, 15) is 8.42 Å². The lowest BCUT2D eigenvalue weighted by Gasteiger charge is -2.25. The third-order valence-corrected chi connectivity index (χ3v) is 6.00. The van der Waals surface area contributed by atoms with Gasteiger partial charge in [-0.05, 0) is 66.2 Å². The van der Waals surface area contributed by atoms with Crippen molar-refractivity contribution in [3.05, 3.63) is 115 Å². The third-order valence-electron chi connectivity index (χ3n) is 4.87. The van der Waals surface area contributed by atoms with E-state index in [0.29, 0.717) is 5.69 Å². The molecule has 0 bridgehead atoms. The number of nitrogens with zero attached hydrogens (tertiary/aromatic N) is 2. The van der Waals surface area contributed by atoms with Gasteiger partial charge in [0.05, 0.1) is 16.8 Å². The number of nitrogens with one attached hydrogen (secondary N) is 1. The number of sulfone groups is 1. The van der Waals surface area contributed by atoms with Crippen LogP contribution < -0.4 is 10.3 Å². The zero-order valence-corrected chi connectivity index (χ0v) is 18.4. The van der Waals surface area contributed by atoms with Gasteiger partial charge >= 0.3 is 0 Å². The second kappa shape index (κ2) is 9.49. The largest absolute Gasteiger partial charge is 0.311 e. The van der Waals surface area contributed by atoms with Gasteiger partial charge in [-0.25, -0.2) is 8.42 Å². The third kappa shape index (κ3) is 5.22. The average Bonchev–Trinajstić information content (AvgIpc) is 2.81. The quantitative estimate of drug-likeness (QED) is 0.282. The predicted molar refractivity (Wildman–Crippen MR) is 132 cm³/mol. The van der Waals surface area contributed by atoms with Gasteiger partial charge in [0.2, 0.25) is 0 Å². The lowest BCUT2D eigenvalue weighted by atomic mass is 10.1. The van der Waals surface area contributed by atoms with Crippen LogP contribution in [-0.2, 0) is 9.84 Å². The number of anilines is 4. The number of hydrazone groups is 1. The highest BCUT2D eigenvalue weighted by molar-refractivity contribution is 7.90. The molecule has 0 saturated heterocycles. The van der Waals surface area contributed by atoms with Crippen LogP contribution in [0, 0.1) is 0 Å². The normalized spacial score (nSPS) is 11.4. The first kappa shape index (κ1) is 21.3. The van der Waals surface area contributed by atoms with Gasteiger partial charge in [0, 0.05) is 23.3 Å². The fourth-order valence-corrected chi connectivity index (χ4v) is 3.90. The average molecular weight is 442 g/mol. The van der Waals surface area contributed by atoms with Crippen LogP contribution in [0.4, 0.5) is 22.7 Å². The van der Waals surface area contributed by atoms with Crippen molar-refractivity contribution in [3.63, 3.8) is 0 Å². The molecule has 0 atom stereocenters. The van der Waals surface area contributed by atoms with E-state index < -0.39 is 9.84 Å². The summed E-state index contributed by atoms with van der Waals surface area (Å²) in [6, 6.07) is 35.1. The molecule has 0 radical (unpaired) electrons. The van der Waals surface area contributed by atoms with E-state index >= 15 is 0 Å². The molecular formula is C26H23N3O2S. The van der Waals surface area contributed by atoms with Crippen LogP contribution >= 0.6 is 0 Å². The number of benzene rings is 4. The topological polar surface area (TPSA) is 61.8 Å². The van der Waals surface area contributed by atoms with Crippen LogP contribution in [0.5, 0.6) is 0 Å². The van der Waals surface area contributed by atoms with Gasteiger partial charge in [-0.1, -0.05) is 48.5 Å². The Hall–Kier alpha value is -3.90. The maximum absolute atomic E-state index is 11.5. The molecule has 4 aromatic rings. The van der Waals surface area contributed by atoms with Gasteiger partial charge in [-0.2, -0.15) is 5.10 Å². The molecule has 0 unspecified atom stereocenters. The zero-order chi connectivity index (χ0) is 22.4. The van der Waals surface area contributed by atoms with Crippen LogP contribution in [-0.4, -0.2) is 20.9 Å². The van der Waals surface area contributed by atoms with Crippen LogP contribution in [0.1, 0.15) is 5.56 Å².